The summed E-state index contributed by atoms with van der Waals surface area (Å²) in [5, 5.41) is 11.6. The van der Waals surface area contributed by atoms with Crippen LogP contribution in [0.5, 0.6) is 0 Å². The smallest absolute Gasteiger partial charge is 0.323 e. The lowest BCUT2D eigenvalue weighted by atomic mass is 10.4. The highest BCUT2D eigenvalue weighted by Gasteiger charge is 2.33. The molecule has 98 valence electrons. The van der Waals surface area contributed by atoms with E-state index < -0.39 is 5.97 Å². The molecule has 2 N–H and O–H groups in total. The molecule has 0 atom stereocenters. The molecule has 0 radical (unpaired) electrons. The summed E-state index contributed by atoms with van der Waals surface area (Å²) in [6.07, 6.45) is 1.80. The maximum Gasteiger partial charge on any atom is 0.323 e. The van der Waals surface area contributed by atoms with Crippen LogP contribution in [0, 0.1) is 6.92 Å². The Kier molecular flexibility index (Phi) is 3.86. The second-order valence-electron chi connectivity index (χ2n) is 4.42. The number of carboxylic acid groups (broad SMARTS) is 1. The highest BCUT2D eigenvalue weighted by atomic mass is 32.1. The fourth-order valence-corrected chi connectivity index (χ4v) is 2.57. The lowest BCUT2D eigenvalue weighted by molar-refractivity contribution is -0.137. The largest absolute Gasteiger partial charge is 0.480 e. The Morgan fingerprint density at radius 1 is 1.50 bits per heavy atom. The summed E-state index contributed by atoms with van der Waals surface area (Å²) in [6.45, 7) is 2.25. The number of hydrogen-bond donors (Lipinski definition) is 2. The van der Waals surface area contributed by atoms with Gasteiger partial charge in [0.2, 0.25) is 0 Å². The van der Waals surface area contributed by atoms with Crippen LogP contribution in [0.2, 0.25) is 0 Å². The van der Waals surface area contributed by atoms with E-state index >= 15 is 0 Å². The Morgan fingerprint density at radius 2 is 2.22 bits per heavy atom. The van der Waals surface area contributed by atoms with E-state index in [-0.39, 0.29) is 18.6 Å². The minimum Gasteiger partial charge on any atom is -0.480 e. The third kappa shape index (κ3) is 3.46. The number of hydrogen-bond acceptors (Lipinski definition) is 3. The van der Waals surface area contributed by atoms with Crippen molar-refractivity contribution < 1.29 is 14.7 Å². The number of carbonyl (C=O) groups excluding carboxylic acids is 1. The number of rotatable bonds is 5. The Balaban J connectivity index is 1.87. The van der Waals surface area contributed by atoms with Gasteiger partial charge in [-0.2, -0.15) is 0 Å². The molecule has 6 heteroatoms. The summed E-state index contributed by atoms with van der Waals surface area (Å²) in [7, 11) is 0. The molecule has 0 saturated heterocycles. The van der Waals surface area contributed by atoms with Crippen molar-refractivity contribution in [3.8, 4) is 0 Å². The molecule has 1 saturated carbocycles. The van der Waals surface area contributed by atoms with Crippen LogP contribution < -0.4 is 5.32 Å². The van der Waals surface area contributed by atoms with Gasteiger partial charge < -0.3 is 15.3 Å². The molecule has 2 amide bonds. The first-order valence-corrected chi connectivity index (χ1v) is 6.69. The second-order valence-corrected chi connectivity index (χ2v) is 5.80. The van der Waals surface area contributed by atoms with Gasteiger partial charge in [-0.3, -0.25) is 4.79 Å². The second kappa shape index (κ2) is 5.39. The van der Waals surface area contributed by atoms with Gasteiger partial charge in [0.1, 0.15) is 6.54 Å². The van der Waals surface area contributed by atoms with Gasteiger partial charge in [0.05, 0.1) is 6.54 Å². The highest BCUT2D eigenvalue weighted by Crippen LogP contribution is 2.26. The lowest BCUT2D eigenvalue weighted by Gasteiger charge is -2.20. The van der Waals surface area contributed by atoms with Crippen LogP contribution in [0.4, 0.5) is 4.79 Å². The van der Waals surface area contributed by atoms with Crippen LogP contribution in [0.1, 0.15) is 22.6 Å². The average Bonchev–Trinajstić information content (AvgIpc) is 3.06. The molecule has 2 rings (SSSR count). The van der Waals surface area contributed by atoms with Crippen molar-refractivity contribution in [3.63, 3.8) is 0 Å². The number of nitrogens with one attached hydrogen (secondary N) is 1. The van der Waals surface area contributed by atoms with E-state index in [9.17, 15) is 9.59 Å². The number of urea groups is 1. The summed E-state index contributed by atoms with van der Waals surface area (Å²) in [5.74, 6) is -0.969. The predicted molar refractivity (Wildman–Crippen MR) is 68.7 cm³/mol. The van der Waals surface area contributed by atoms with Gasteiger partial charge in [-0.15, -0.1) is 11.3 Å². The molecule has 1 aliphatic rings. The van der Waals surface area contributed by atoms with E-state index in [4.69, 9.17) is 5.11 Å². The predicted octanol–water partition coefficient (Wildman–Crippen LogP) is 1.82. The quantitative estimate of drug-likeness (QED) is 0.855. The third-order valence-corrected chi connectivity index (χ3v) is 3.76. The molecule has 1 aromatic rings. The number of thiophene rings is 1. The van der Waals surface area contributed by atoms with Gasteiger partial charge >= 0.3 is 12.0 Å². The zero-order valence-corrected chi connectivity index (χ0v) is 11.0. The SMILES string of the molecule is Cc1ccc(CNC(=O)N(CC(=O)O)C2CC2)s1. The zero-order valence-electron chi connectivity index (χ0n) is 10.2. The first kappa shape index (κ1) is 12.9. The summed E-state index contributed by atoms with van der Waals surface area (Å²) >= 11 is 1.63. The Hall–Kier alpha value is -1.56. The maximum absolute atomic E-state index is 11.9. The molecule has 1 fully saturated rings. The zero-order chi connectivity index (χ0) is 13.1. The Labute approximate surface area is 109 Å². The van der Waals surface area contributed by atoms with E-state index in [1.807, 2.05) is 19.1 Å². The number of carboxylic acids is 1. The van der Waals surface area contributed by atoms with E-state index in [1.54, 1.807) is 11.3 Å². The van der Waals surface area contributed by atoms with E-state index in [1.165, 1.54) is 9.78 Å². The molecule has 5 nitrogen and oxygen atoms in total. The monoisotopic (exact) mass is 268 g/mol. The molecule has 0 bridgehead atoms. The molecule has 0 spiro atoms. The van der Waals surface area contributed by atoms with E-state index in [0.717, 1.165) is 17.7 Å². The fraction of sp³-hybridized carbons (Fsp3) is 0.500. The first-order valence-electron chi connectivity index (χ1n) is 5.88. The maximum atomic E-state index is 11.9. The molecule has 18 heavy (non-hydrogen) atoms. The standard InChI is InChI=1S/C12H16N2O3S/c1-8-2-5-10(18-8)6-13-12(17)14(7-11(15)16)9-3-4-9/h2,5,9H,3-4,6-7H2,1H3,(H,13,17)(H,15,16). The van der Waals surface area contributed by atoms with Gasteiger partial charge in [0.25, 0.3) is 0 Å². The van der Waals surface area contributed by atoms with Gasteiger partial charge in [0, 0.05) is 15.8 Å². The normalized spacial score (nSPS) is 14.3. The van der Waals surface area contributed by atoms with Gasteiger partial charge in [-0.25, -0.2) is 4.79 Å². The number of aryl methyl sites for hydroxylation is 1. The molecule has 1 aliphatic carbocycles. The van der Waals surface area contributed by atoms with Crippen LogP contribution >= 0.6 is 11.3 Å². The number of nitrogens with zero attached hydrogens (tertiary/aromatic N) is 1. The summed E-state index contributed by atoms with van der Waals surface area (Å²) in [6, 6.07) is 3.79. The van der Waals surface area contributed by atoms with Gasteiger partial charge in [-0.05, 0) is 31.9 Å². The van der Waals surface area contributed by atoms with Gasteiger partial charge in [0.15, 0.2) is 0 Å². The highest BCUT2D eigenvalue weighted by molar-refractivity contribution is 7.11. The topological polar surface area (TPSA) is 69.6 Å². The molecular weight excluding hydrogens is 252 g/mol. The molecule has 0 aliphatic heterocycles. The lowest BCUT2D eigenvalue weighted by Crippen LogP contribution is -2.43. The van der Waals surface area contributed by atoms with Crippen LogP contribution in [0.25, 0.3) is 0 Å². The average molecular weight is 268 g/mol. The van der Waals surface area contributed by atoms with Crippen molar-refractivity contribution in [1.29, 1.82) is 0 Å². The number of aliphatic carboxylic acids is 1. The fourth-order valence-electron chi connectivity index (χ4n) is 1.74. The minimum absolute atomic E-state index is 0.103. The molecule has 1 aromatic heterocycles. The van der Waals surface area contributed by atoms with Gasteiger partial charge in [-0.1, -0.05) is 0 Å². The molecule has 1 heterocycles. The molecule has 0 aromatic carbocycles. The van der Waals surface area contributed by atoms with Crippen molar-refractivity contribution in [2.45, 2.75) is 32.4 Å². The van der Waals surface area contributed by atoms with Crippen LogP contribution in [0.15, 0.2) is 12.1 Å². The summed E-state index contributed by atoms with van der Waals surface area (Å²) in [4.78, 5) is 26.3. The van der Waals surface area contributed by atoms with Crippen molar-refractivity contribution >= 4 is 23.3 Å². The van der Waals surface area contributed by atoms with Crippen LogP contribution in [-0.2, 0) is 11.3 Å². The van der Waals surface area contributed by atoms with Crippen molar-refractivity contribution in [3.05, 3.63) is 21.9 Å². The van der Waals surface area contributed by atoms with E-state index in [0.29, 0.717) is 6.54 Å². The van der Waals surface area contributed by atoms with Crippen LogP contribution in [-0.4, -0.2) is 34.6 Å². The Morgan fingerprint density at radius 3 is 2.72 bits per heavy atom. The summed E-state index contributed by atoms with van der Waals surface area (Å²) in [5.41, 5.74) is 0. The third-order valence-electron chi connectivity index (χ3n) is 2.76. The summed E-state index contributed by atoms with van der Waals surface area (Å²) < 4.78 is 0. The number of carbonyl (C=O) groups is 2. The first-order chi connectivity index (χ1) is 8.56. The number of amides is 2. The molecular formula is C12H16N2O3S. The Bertz CT molecular complexity index is 454. The van der Waals surface area contributed by atoms with Crippen molar-refractivity contribution in [1.82, 2.24) is 10.2 Å². The van der Waals surface area contributed by atoms with Crippen molar-refractivity contribution in [2.75, 3.05) is 6.54 Å². The van der Waals surface area contributed by atoms with E-state index in [2.05, 4.69) is 5.32 Å². The minimum atomic E-state index is -0.969. The van der Waals surface area contributed by atoms with Crippen LogP contribution in [0.3, 0.4) is 0 Å². The van der Waals surface area contributed by atoms with Crippen molar-refractivity contribution in [2.24, 2.45) is 0 Å². The molecule has 0 unspecified atom stereocenters.